The van der Waals surface area contributed by atoms with Crippen LogP contribution in [0.2, 0.25) is 0 Å². The molecular formula is C13H23N5O2S. The van der Waals surface area contributed by atoms with Gasteiger partial charge in [-0.1, -0.05) is 31.6 Å². The highest BCUT2D eigenvalue weighted by Gasteiger charge is 2.23. The Morgan fingerprint density at radius 2 is 2.05 bits per heavy atom. The Labute approximate surface area is 128 Å². The van der Waals surface area contributed by atoms with Gasteiger partial charge in [-0.15, -0.1) is 0 Å². The highest BCUT2D eigenvalue weighted by Crippen LogP contribution is 2.26. The summed E-state index contributed by atoms with van der Waals surface area (Å²) in [6.45, 7) is 5.19. The first-order chi connectivity index (χ1) is 9.99. The number of unbranched alkanes of at least 4 members (excludes halogenated alkanes) is 1. The molecule has 1 rings (SSSR count). The molecule has 21 heavy (non-hydrogen) atoms. The van der Waals surface area contributed by atoms with E-state index in [-0.39, 0.29) is 18.3 Å². The fourth-order valence-corrected chi connectivity index (χ4v) is 2.60. The van der Waals surface area contributed by atoms with Gasteiger partial charge < -0.3 is 21.7 Å². The van der Waals surface area contributed by atoms with E-state index >= 15 is 0 Å². The van der Waals surface area contributed by atoms with Crippen LogP contribution in [0, 0.1) is 0 Å². The van der Waals surface area contributed by atoms with Gasteiger partial charge in [0.15, 0.2) is 5.13 Å². The number of nitrogens with one attached hydrogen (secondary N) is 1. The first-order valence-corrected chi connectivity index (χ1v) is 7.88. The van der Waals surface area contributed by atoms with E-state index in [1.807, 2.05) is 13.8 Å². The van der Waals surface area contributed by atoms with Crippen LogP contribution in [0.15, 0.2) is 0 Å². The van der Waals surface area contributed by atoms with E-state index in [0.717, 1.165) is 25.8 Å². The van der Waals surface area contributed by atoms with Crippen molar-refractivity contribution in [1.29, 1.82) is 0 Å². The van der Waals surface area contributed by atoms with Gasteiger partial charge in [0.05, 0.1) is 6.54 Å². The number of primary amides is 1. The lowest BCUT2D eigenvalue weighted by Crippen LogP contribution is -2.39. The van der Waals surface area contributed by atoms with E-state index in [1.165, 1.54) is 16.2 Å². The number of anilines is 2. The zero-order valence-corrected chi connectivity index (χ0v) is 13.3. The van der Waals surface area contributed by atoms with Crippen molar-refractivity contribution >= 4 is 34.1 Å². The Morgan fingerprint density at radius 3 is 2.62 bits per heavy atom. The molecule has 0 aromatic carbocycles. The third-order valence-electron chi connectivity index (χ3n) is 2.79. The molecule has 0 aliphatic heterocycles. The van der Waals surface area contributed by atoms with Crippen molar-refractivity contribution in [2.75, 3.05) is 30.7 Å². The van der Waals surface area contributed by atoms with E-state index in [9.17, 15) is 9.59 Å². The quantitative estimate of drug-likeness (QED) is 0.635. The molecule has 1 aromatic rings. The Kier molecular flexibility index (Phi) is 6.93. The fourth-order valence-electron chi connectivity index (χ4n) is 1.73. The van der Waals surface area contributed by atoms with Crippen molar-refractivity contribution < 1.29 is 9.59 Å². The molecule has 0 saturated heterocycles. The van der Waals surface area contributed by atoms with Gasteiger partial charge in [0.1, 0.15) is 10.7 Å². The number of carbonyl (C=O) groups excluding carboxylic acids is 2. The zero-order chi connectivity index (χ0) is 15.8. The lowest BCUT2D eigenvalue weighted by molar-refractivity contribution is -0.118. The summed E-state index contributed by atoms with van der Waals surface area (Å²) < 4.78 is 0. The summed E-state index contributed by atoms with van der Waals surface area (Å²) in [5.41, 5.74) is 11.0. The largest absolute Gasteiger partial charge is 0.382 e. The Hall–Kier alpha value is -1.83. The molecule has 0 aliphatic rings. The Bertz CT molecular complexity index is 489. The minimum atomic E-state index is -0.535. The van der Waals surface area contributed by atoms with E-state index in [0.29, 0.717) is 16.6 Å². The number of nitrogens with zero attached hydrogens (tertiary/aromatic N) is 2. The first kappa shape index (κ1) is 17.2. The van der Waals surface area contributed by atoms with Gasteiger partial charge in [-0.2, -0.15) is 0 Å². The van der Waals surface area contributed by atoms with Crippen LogP contribution in [0.25, 0.3) is 0 Å². The predicted octanol–water partition coefficient (Wildman–Crippen LogP) is 1.27. The molecule has 118 valence electrons. The molecular weight excluding hydrogens is 290 g/mol. The maximum absolute atomic E-state index is 12.5. The van der Waals surface area contributed by atoms with Crippen LogP contribution in [0.3, 0.4) is 0 Å². The summed E-state index contributed by atoms with van der Waals surface area (Å²) in [6, 6.07) is 0. The molecule has 0 radical (unpaired) electrons. The normalized spacial score (nSPS) is 10.4. The Morgan fingerprint density at radius 1 is 1.33 bits per heavy atom. The summed E-state index contributed by atoms with van der Waals surface area (Å²) in [7, 11) is 0. The molecule has 1 heterocycles. The molecule has 7 nitrogen and oxygen atoms in total. The average molecular weight is 313 g/mol. The molecule has 1 aromatic heterocycles. The summed E-state index contributed by atoms with van der Waals surface area (Å²) in [5, 5.41) is 3.72. The molecule has 0 unspecified atom stereocenters. The smallest absolute Gasteiger partial charge is 0.268 e. The van der Waals surface area contributed by atoms with E-state index in [2.05, 4.69) is 10.3 Å². The maximum atomic E-state index is 12.5. The van der Waals surface area contributed by atoms with Crippen LogP contribution < -0.4 is 16.8 Å². The van der Waals surface area contributed by atoms with Crippen LogP contribution in [0.4, 0.5) is 10.9 Å². The zero-order valence-electron chi connectivity index (χ0n) is 12.5. The minimum absolute atomic E-state index is 0.103. The molecule has 2 amide bonds. The monoisotopic (exact) mass is 313 g/mol. The molecule has 0 saturated carbocycles. The SMILES string of the molecule is CCCCN(CC(N)=O)C(=O)c1sc(NCCC)nc1N. The molecule has 0 atom stereocenters. The number of thiazole rings is 1. The van der Waals surface area contributed by atoms with E-state index < -0.39 is 5.91 Å². The number of rotatable bonds is 9. The predicted molar refractivity (Wildman–Crippen MR) is 85.3 cm³/mol. The molecule has 0 fully saturated rings. The van der Waals surface area contributed by atoms with Crippen molar-refractivity contribution in [3.05, 3.63) is 4.88 Å². The highest BCUT2D eigenvalue weighted by atomic mass is 32.1. The number of amides is 2. The minimum Gasteiger partial charge on any atom is -0.382 e. The topological polar surface area (TPSA) is 114 Å². The number of nitrogen functional groups attached to an aromatic ring is 1. The van der Waals surface area contributed by atoms with Gasteiger partial charge in [-0.05, 0) is 12.8 Å². The van der Waals surface area contributed by atoms with Gasteiger partial charge in [-0.25, -0.2) is 4.98 Å². The van der Waals surface area contributed by atoms with Gasteiger partial charge in [-0.3, -0.25) is 9.59 Å². The molecule has 0 spiro atoms. The number of nitrogens with two attached hydrogens (primary N) is 2. The standard InChI is InChI=1S/C13H23N5O2S/c1-3-5-7-18(8-9(14)19)12(20)10-11(15)17-13(21-10)16-6-4-2/h3-8,15H2,1-2H3,(H2,14,19)(H,16,17). The van der Waals surface area contributed by atoms with Crippen molar-refractivity contribution in [3.63, 3.8) is 0 Å². The van der Waals surface area contributed by atoms with E-state index in [4.69, 9.17) is 11.5 Å². The van der Waals surface area contributed by atoms with Crippen molar-refractivity contribution in [3.8, 4) is 0 Å². The van der Waals surface area contributed by atoms with Crippen LogP contribution in [-0.4, -0.2) is 41.3 Å². The molecule has 0 aliphatic carbocycles. The van der Waals surface area contributed by atoms with Gasteiger partial charge in [0.2, 0.25) is 5.91 Å². The molecule has 8 heteroatoms. The lowest BCUT2D eigenvalue weighted by Gasteiger charge is -2.20. The number of aromatic nitrogens is 1. The first-order valence-electron chi connectivity index (χ1n) is 7.07. The van der Waals surface area contributed by atoms with Gasteiger partial charge in [0, 0.05) is 13.1 Å². The van der Waals surface area contributed by atoms with Crippen LogP contribution in [0.1, 0.15) is 42.8 Å². The number of hydrogen-bond donors (Lipinski definition) is 3. The third-order valence-corrected chi connectivity index (χ3v) is 3.81. The highest BCUT2D eigenvalue weighted by molar-refractivity contribution is 7.18. The maximum Gasteiger partial charge on any atom is 0.268 e. The summed E-state index contributed by atoms with van der Waals surface area (Å²) in [6.07, 6.45) is 2.68. The Balaban J connectivity index is 2.86. The fraction of sp³-hybridized carbons (Fsp3) is 0.615. The van der Waals surface area contributed by atoms with Gasteiger partial charge >= 0.3 is 0 Å². The summed E-state index contributed by atoms with van der Waals surface area (Å²) in [4.78, 5) is 29.5. The van der Waals surface area contributed by atoms with Crippen LogP contribution in [0.5, 0.6) is 0 Å². The second-order valence-corrected chi connectivity index (χ2v) is 5.71. The number of hydrogen-bond acceptors (Lipinski definition) is 6. The van der Waals surface area contributed by atoms with Gasteiger partial charge in [0.25, 0.3) is 5.91 Å². The number of carbonyl (C=O) groups is 2. The van der Waals surface area contributed by atoms with Crippen LogP contribution in [-0.2, 0) is 4.79 Å². The lowest BCUT2D eigenvalue weighted by atomic mass is 10.3. The summed E-state index contributed by atoms with van der Waals surface area (Å²) >= 11 is 1.21. The molecule has 0 bridgehead atoms. The summed E-state index contributed by atoms with van der Waals surface area (Å²) in [5.74, 6) is -0.636. The van der Waals surface area contributed by atoms with Crippen LogP contribution >= 0.6 is 11.3 Å². The molecule has 5 N–H and O–H groups in total. The average Bonchev–Trinajstić information content (AvgIpc) is 2.81. The van der Waals surface area contributed by atoms with Crippen molar-refractivity contribution in [2.45, 2.75) is 33.1 Å². The second-order valence-electron chi connectivity index (χ2n) is 4.71. The van der Waals surface area contributed by atoms with Crippen molar-refractivity contribution in [1.82, 2.24) is 9.88 Å². The second kappa shape index (κ2) is 8.46. The van der Waals surface area contributed by atoms with Crippen molar-refractivity contribution in [2.24, 2.45) is 5.73 Å². The van der Waals surface area contributed by atoms with E-state index in [1.54, 1.807) is 0 Å². The third kappa shape index (κ3) is 5.22.